The Balaban J connectivity index is 2.56. The van der Waals surface area contributed by atoms with Crippen LogP contribution in [0.1, 0.15) is 20.8 Å². The van der Waals surface area contributed by atoms with E-state index in [1.54, 1.807) is 20.8 Å². The maximum absolute atomic E-state index is 12.0. The fourth-order valence-corrected chi connectivity index (χ4v) is 3.36. The lowest BCUT2D eigenvalue weighted by Crippen LogP contribution is -2.56. The average Bonchev–Trinajstić information content (AvgIpc) is 2.48. The molecule has 0 saturated carbocycles. The van der Waals surface area contributed by atoms with Crippen LogP contribution < -0.4 is 5.32 Å². The molecule has 0 aromatic carbocycles. The van der Waals surface area contributed by atoms with Crippen LogP contribution in [-0.2, 0) is 29.1 Å². The van der Waals surface area contributed by atoms with Gasteiger partial charge in [-0.25, -0.2) is 8.42 Å². The number of methoxy groups -OCH3 is 1. The van der Waals surface area contributed by atoms with E-state index in [4.69, 9.17) is 9.47 Å². The van der Waals surface area contributed by atoms with Gasteiger partial charge in [-0.1, -0.05) is 0 Å². The van der Waals surface area contributed by atoms with E-state index in [0.29, 0.717) is 26.2 Å². The number of hydrogen-bond acceptors (Lipinski definition) is 8. The molecule has 1 saturated heterocycles. The minimum atomic E-state index is -3.23. The molecular weight excluding hydrogens is 350 g/mol. The molecule has 1 unspecified atom stereocenters. The first-order valence-corrected chi connectivity index (χ1v) is 9.98. The SMILES string of the molecule is COC(=O)C(CNCC(=O)OC(C)(C)C)N1CCN(S(C)(=O)=O)CC1. The number of nitrogens with zero attached hydrogens (tertiary/aromatic N) is 2. The van der Waals surface area contributed by atoms with Crippen molar-refractivity contribution in [2.24, 2.45) is 0 Å². The topological polar surface area (TPSA) is 105 Å². The first-order chi connectivity index (χ1) is 11.4. The second-order valence-electron chi connectivity index (χ2n) is 6.95. The molecule has 0 radical (unpaired) electrons. The summed E-state index contributed by atoms with van der Waals surface area (Å²) in [5, 5.41) is 2.91. The fraction of sp³-hybridized carbons (Fsp3) is 0.867. The second-order valence-corrected chi connectivity index (χ2v) is 8.94. The maximum Gasteiger partial charge on any atom is 0.324 e. The van der Waals surface area contributed by atoms with Crippen LogP contribution in [0.15, 0.2) is 0 Å². The summed E-state index contributed by atoms with van der Waals surface area (Å²) in [6.45, 7) is 7.01. The summed E-state index contributed by atoms with van der Waals surface area (Å²) in [6, 6.07) is -0.589. The van der Waals surface area contributed by atoms with Crippen molar-refractivity contribution in [3.05, 3.63) is 0 Å². The molecule has 146 valence electrons. The normalized spacial score (nSPS) is 18.6. The van der Waals surface area contributed by atoms with Crippen LogP contribution in [0.5, 0.6) is 0 Å². The van der Waals surface area contributed by atoms with Crippen LogP contribution >= 0.6 is 0 Å². The molecule has 9 nitrogen and oxygen atoms in total. The van der Waals surface area contributed by atoms with Gasteiger partial charge in [-0.15, -0.1) is 0 Å². The van der Waals surface area contributed by atoms with Gasteiger partial charge in [0.15, 0.2) is 0 Å². The second kappa shape index (κ2) is 8.93. The van der Waals surface area contributed by atoms with Gasteiger partial charge in [0.2, 0.25) is 10.0 Å². The molecule has 25 heavy (non-hydrogen) atoms. The Bertz CT molecular complexity index is 564. The zero-order valence-corrected chi connectivity index (χ0v) is 16.4. The number of esters is 2. The molecule has 0 aliphatic carbocycles. The maximum atomic E-state index is 12.0. The lowest BCUT2D eigenvalue weighted by molar-refractivity contribution is -0.154. The summed E-state index contributed by atoms with van der Waals surface area (Å²) >= 11 is 0. The average molecular weight is 379 g/mol. The zero-order valence-electron chi connectivity index (χ0n) is 15.6. The number of ether oxygens (including phenoxy) is 2. The number of hydrogen-bond donors (Lipinski definition) is 1. The summed E-state index contributed by atoms with van der Waals surface area (Å²) in [5.41, 5.74) is -0.567. The number of sulfonamides is 1. The van der Waals surface area contributed by atoms with E-state index in [2.05, 4.69) is 5.32 Å². The smallest absolute Gasteiger partial charge is 0.324 e. The number of rotatable bonds is 7. The summed E-state index contributed by atoms with van der Waals surface area (Å²) in [5.74, 6) is -0.831. The molecule has 10 heteroatoms. The Morgan fingerprint density at radius 1 is 1.16 bits per heavy atom. The highest BCUT2D eigenvalue weighted by molar-refractivity contribution is 7.88. The van der Waals surface area contributed by atoms with Gasteiger partial charge < -0.3 is 14.8 Å². The Morgan fingerprint density at radius 3 is 2.16 bits per heavy atom. The molecule has 1 fully saturated rings. The first-order valence-electron chi connectivity index (χ1n) is 8.13. The highest BCUT2D eigenvalue weighted by atomic mass is 32.2. The van der Waals surface area contributed by atoms with Gasteiger partial charge in [0.1, 0.15) is 11.6 Å². The largest absolute Gasteiger partial charge is 0.468 e. The Kier molecular flexibility index (Phi) is 7.79. The molecule has 1 N–H and O–H groups in total. The molecule has 1 atom stereocenters. The van der Waals surface area contributed by atoms with E-state index >= 15 is 0 Å². The molecule has 0 amide bonds. The molecule has 0 bridgehead atoms. The van der Waals surface area contributed by atoms with Gasteiger partial charge in [-0.2, -0.15) is 4.31 Å². The lowest BCUT2D eigenvalue weighted by atomic mass is 10.2. The van der Waals surface area contributed by atoms with Gasteiger partial charge in [0.25, 0.3) is 0 Å². The first kappa shape index (κ1) is 21.8. The Labute approximate surface area is 149 Å². The summed E-state index contributed by atoms with van der Waals surface area (Å²) in [7, 11) is -1.93. The number of carbonyl (C=O) groups excluding carboxylic acids is 2. The fourth-order valence-electron chi connectivity index (χ4n) is 2.53. The third-order valence-electron chi connectivity index (χ3n) is 3.68. The molecule has 1 aliphatic rings. The van der Waals surface area contributed by atoms with E-state index < -0.39 is 33.6 Å². The van der Waals surface area contributed by atoms with Gasteiger partial charge >= 0.3 is 11.9 Å². The van der Waals surface area contributed by atoms with Crippen LogP contribution in [0, 0.1) is 0 Å². The molecular formula is C15H29N3O6S. The number of carbonyl (C=O) groups is 2. The highest BCUT2D eigenvalue weighted by Gasteiger charge is 2.32. The van der Waals surface area contributed by atoms with Crippen molar-refractivity contribution in [1.29, 1.82) is 0 Å². The minimum Gasteiger partial charge on any atom is -0.468 e. The summed E-state index contributed by atoms with van der Waals surface area (Å²) in [6.07, 6.45) is 1.17. The molecule has 0 aromatic heterocycles. The Hall–Kier alpha value is -1.23. The quantitative estimate of drug-likeness (QED) is 0.564. The molecule has 1 aliphatic heterocycles. The van der Waals surface area contributed by atoms with Crippen LogP contribution in [0.25, 0.3) is 0 Å². The van der Waals surface area contributed by atoms with Crippen molar-refractivity contribution in [2.75, 3.05) is 52.6 Å². The highest BCUT2D eigenvalue weighted by Crippen LogP contribution is 2.10. The van der Waals surface area contributed by atoms with E-state index in [-0.39, 0.29) is 13.1 Å². The molecule has 0 spiro atoms. The van der Waals surface area contributed by atoms with E-state index in [0.717, 1.165) is 0 Å². The van der Waals surface area contributed by atoms with Crippen molar-refractivity contribution < 1.29 is 27.5 Å². The standard InChI is InChI=1S/C15H29N3O6S/c1-15(2,3)24-13(19)11-16-10-12(14(20)23-4)17-6-8-18(9-7-17)25(5,21)22/h12,16H,6-11H2,1-5H3. The third kappa shape index (κ3) is 7.68. The van der Waals surface area contributed by atoms with Crippen LogP contribution in [0.2, 0.25) is 0 Å². The third-order valence-corrected chi connectivity index (χ3v) is 4.99. The van der Waals surface area contributed by atoms with Crippen LogP contribution in [-0.4, -0.2) is 93.8 Å². The van der Waals surface area contributed by atoms with Crippen LogP contribution in [0.3, 0.4) is 0 Å². The number of piperazine rings is 1. The zero-order chi connectivity index (χ0) is 19.3. The van der Waals surface area contributed by atoms with Crippen molar-refractivity contribution in [2.45, 2.75) is 32.4 Å². The predicted octanol–water partition coefficient (Wildman–Crippen LogP) is -0.963. The van der Waals surface area contributed by atoms with Crippen LogP contribution in [0.4, 0.5) is 0 Å². The lowest BCUT2D eigenvalue weighted by Gasteiger charge is -2.37. The van der Waals surface area contributed by atoms with E-state index in [1.807, 2.05) is 4.90 Å². The minimum absolute atomic E-state index is 0.0198. The van der Waals surface area contributed by atoms with Gasteiger partial charge in [-0.05, 0) is 20.8 Å². The van der Waals surface area contributed by atoms with Gasteiger partial charge in [-0.3, -0.25) is 14.5 Å². The van der Waals surface area contributed by atoms with Crippen molar-refractivity contribution in [1.82, 2.24) is 14.5 Å². The monoisotopic (exact) mass is 379 g/mol. The summed E-state index contributed by atoms with van der Waals surface area (Å²) < 4.78 is 34.5. The van der Waals surface area contributed by atoms with E-state index in [9.17, 15) is 18.0 Å². The molecule has 1 rings (SSSR count). The molecule has 1 heterocycles. The summed E-state index contributed by atoms with van der Waals surface area (Å²) in [4.78, 5) is 25.6. The van der Waals surface area contributed by atoms with Gasteiger partial charge in [0.05, 0.1) is 19.9 Å². The molecule has 0 aromatic rings. The van der Waals surface area contributed by atoms with E-state index in [1.165, 1.54) is 17.7 Å². The van der Waals surface area contributed by atoms with Crippen molar-refractivity contribution >= 4 is 22.0 Å². The Morgan fingerprint density at radius 2 is 1.72 bits per heavy atom. The number of nitrogens with one attached hydrogen (secondary N) is 1. The van der Waals surface area contributed by atoms with Gasteiger partial charge in [0, 0.05) is 32.7 Å². The van der Waals surface area contributed by atoms with Crippen molar-refractivity contribution in [3.63, 3.8) is 0 Å². The predicted molar refractivity (Wildman–Crippen MR) is 92.5 cm³/mol. The van der Waals surface area contributed by atoms with Crippen molar-refractivity contribution in [3.8, 4) is 0 Å².